The van der Waals surface area contributed by atoms with Crippen LogP contribution < -0.4 is 0 Å². The van der Waals surface area contributed by atoms with Crippen molar-refractivity contribution < 1.29 is 4.42 Å². The van der Waals surface area contributed by atoms with E-state index < -0.39 is 0 Å². The third kappa shape index (κ3) is 3.43. The van der Waals surface area contributed by atoms with Gasteiger partial charge in [-0.05, 0) is 44.9 Å². The molecular weight excluding hydrogens is 236 g/mol. The summed E-state index contributed by atoms with van der Waals surface area (Å²) in [5, 5.41) is 0. The first-order valence-corrected chi connectivity index (χ1v) is 6.85. The Labute approximate surface area is 114 Å². The lowest BCUT2D eigenvalue weighted by Gasteiger charge is -2.16. The third-order valence-corrected chi connectivity index (χ3v) is 2.79. The van der Waals surface area contributed by atoms with E-state index in [0.29, 0.717) is 5.89 Å². The predicted molar refractivity (Wildman–Crippen MR) is 79.9 cm³/mol. The van der Waals surface area contributed by atoms with Crippen LogP contribution in [-0.2, 0) is 0 Å². The van der Waals surface area contributed by atoms with Crippen molar-refractivity contribution in [1.29, 1.82) is 0 Å². The van der Waals surface area contributed by atoms with E-state index >= 15 is 0 Å². The lowest BCUT2D eigenvalue weighted by atomic mass is 10.0. The monoisotopic (exact) mass is 258 g/mol. The van der Waals surface area contributed by atoms with Crippen LogP contribution in [0.15, 0.2) is 27.6 Å². The van der Waals surface area contributed by atoms with Crippen molar-refractivity contribution in [1.82, 2.24) is 4.98 Å². The van der Waals surface area contributed by atoms with Crippen LogP contribution in [-0.4, -0.2) is 16.2 Å². The summed E-state index contributed by atoms with van der Waals surface area (Å²) in [5.41, 5.74) is 3.98. The maximum absolute atomic E-state index is 5.60. The normalized spacial score (nSPS) is 13.2. The molecule has 0 bridgehead atoms. The van der Waals surface area contributed by atoms with Crippen molar-refractivity contribution in [2.75, 3.05) is 0 Å². The molecule has 0 radical (unpaired) electrons. The van der Waals surface area contributed by atoms with Gasteiger partial charge in [0, 0.05) is 12.6 Å². The van der Waals surface area contributed by atoms with Gasteiger partial charge in [-0.15, -0.1) is 0 Å². The minimum absolute atomic E-state index is 0.0587. The number of fused-ring (bicyclic) bond motifs is 1. The van der Waals surface area contributed by atoms with Crippen LogP contribution in [0, 0.1) is 6.92 Å². The molecule has 0 aliphatic heterocycles. The Balaban J connectivity index is 2.47. The van der Waals surface area contributed by atoms with Crippen molar-refractivity contribution in [2.45, 2.75) is 53.0 Å². The van der Waals surface area contributed by atoms with Crippen LogP contribution in [0.2, 0.25) is 0 Å². The largest absolute Gasteiger partial charge is 0.441 e. The Kier molecular flexibility index (Phi) is 3.74. The van der Waals surface area contributed by atoms with Crippen LogP contribution in [0.1, 0.15) is 52.0 Å². The molecule has 3 nitrogen and oxygen atoms in total. The molecule has 0 saturated heterocycles. The lowest BCUT2D eigenvalue weighted by Crippen LogP contribution is -2.15. The molecule has 1 aromatic heterocycles. The number of aryl methyl sites for hydroxylation is 1. The average Bonchev–Trinajstić information content (AvgIpc) is 2.65. The highest BCUT2D eigenvalue weighted by Gasteiger charge is 2.12. The zero-order chi connectivity index (χ0) is 14.0. The zero-order valence-corrected chi connectivity index (χ0v) is 12.4. The van der Waals surface area contributed by atoms with E-state index in [2.05, 4.69) is 44.8 Å². The summed E-state index contributed by atoms with van der Waals surface area (Å²) < 4.78 is 5.60. The van der Waals surface area contributed by atoms with E-state index in [0.717, 1.165) is 35.2 Å². The molecule has 19 heavy (non-hydrogen) atoms. The van der Waals surface area contributed by atoms with Gasteiger partial charge in [0.15, 0.2) is 11.5 Å². The number of benzene rings is 1. The highest BCUT2D eigenvalue weighted by Crippen LogP contribution is 2.20. The van der Waals surface area contributed by atoms with Crippen LogP contribution in [0.4, 0.5) is 0 Å². The van der Waals surface area contributed by atoms with Gasteiger partial charge in [-0.2, -0.15) is 0 Å². The first kappa shape index (κ1) is 13.8. The summed E-state index contributed by atoms with van der Waals surface area (Å²) in [6.07, 6.45) is 2.07. The Bertz CT molecular complexity index is 603. The van der Waals surface area contributed by atoms with Gasteiger partial charge >= 0.3 is 0 Å². The van der Waals surface area contributed by atoms with Gasteiger partial charge < -0.3 is 4.42 Å². The van der Waals surface area contributed by atoms with Gasteiger partial charge in [-0.3, -0.25) is 4.99 Å². The fourth-order valence-electron chi connectivity index (χ4n) is 2.13. The van der Waals surface area contributed by atoms with E-state index in [1.54, 1.807) is 0 Å². The van der Waals surface area contributed by atoms with Crippen LogP contribution >= 0.6 is 0 Å². The van der Waals surface area contributed by atoms with Crippen molar-refractivity contribution in [2.24, 2.45) is 4.99 Å². The van der Waals surface area contributed by atoms with Gasteiger partial charge in [0.2, 0.25) is 0 Å². The van der Waals surface area contributed by atoms with Crippen molar-refractivity contribution in [3.63, 3.8) is 0 Å². The summed E-state index contributed by atoms with van der Waals surface area (Å²) in [6, 6.07) is 6.15. The molecule has 0 aliphatic carbocycles. The number of aliphatic imine (C=N–C) groups is 1. The Morgan fingerprint density at radius 2 is 2.05 bits per heavy atom. The number of hydrogen-bond donors (Lipinski definition) is 0. The first-order valence-electron chi connectivity index (χ1n) is 6.85. The van der Waals surface area contributed by atoms with Gasteiger partial charge in [0.1, 0.15) is 5.52 Å². The molecule has 1 aromatic carbocycles. The van der Waals surface area contributed by atoms with E-state index in [-0.39, 0.29) is 5.54 Å². The lowest BCUT2D eigenvalue weighted by molar-refractivity contribution is 0.561. The Morgan fingerprint density at radius 3 is 2.68 bits per heavy atom. The standard InChI is InChI=1S/C16H22N2O/c1-6-7-13(18-16(3,4)5)12-8-9-14-15(10-12)19-11(2)17-14/h8-10H,6-7H2,1-5H3. The molecule has 0 aliphatic rings. The fourth-order valence-corrected chi connectivity index (χ4v) is 2.13. The van der Waals surface area contributed by atoms with Gasteiger partial charge in [-0.25, -0.2) is 4.98 Å². The predicted octanol–water partition coefficient (Wildman–Crippen LogP) is 4.52. The van der Waals surface area contributed by atoms with E-state index in [1.165, 1.54) is 0 Å². The second kappa shape index (κ2) is 5.16. The Hall–Kier alpha value is -1.64. The number of rotatable bonds is 3. The molecule has 3 heteroatoms. The number of aromatic nitrogens is 1. The highest BCUT2D eigenvalue weighted by atomic mass is 16.3. The minimum atomic E-state index is -0.0587. The average molecular weight is 258 g/mol. The second-order valence-electron chi connectivity index (χ2n) is 5.89. The zero-order valence-electron chi connectivity index (χ0n) is 12.4. The Morgan fingerprint density at radius 1 is 1.32 bits per heavy atom. The SMILES string of the molecule is CCCC(=NC(C)(C)C)c1ccc2nc(C)oc2c1. The topological polar surface area (TPSA) is 38.4 Å². The van der Waals surface area contributed by atoms with Crippen molar-refractivity contribution in [3.8, 4) is 0 Å². The minimum Gasteiger partial charge on any atom is -0.441 e. The van der Waals surface area contributed by atoms with Gasteiger partial charge in [0.05, 0.1) is 5.54 Å². The maximum Gasteiger partial charge on any atom is 0.192 e. The van der Waals surface area contributed by atoms with Gasteiger partial charge in [-0.1, -0.05) is 19.4 Å². The van der Waals surface area contributed by atoms with Gasteiger partial charge in [0.25, 0.3) is 0 Å². The first-order chi connectivity index (χ1) is 8.89. The molecule has 102 valence electrons. The number of hydrogen-bond acceptors (Lipinski definition) is 3. The number of nitrogens with zero attached hydrogens (tertiary/aromatic N) is 2. The highest BCUT2D eigenvalue weighted by molar-refractivity contribution is 6.02. The molecule has 2 aromatic rings. The molecule has 0 amide bonds. The van der Waals surface area contributed by atoms with Crippen molar-refractivity contribution in [3.05, 3.63) is 29.7 Å². The quantitative estimate of drug-likeness (QED) is 0.759. The van der Waals surface area contributed by atoms with E-state index in [1.807, 2.05) is 13.0 Å². The number of oxazole rings is 1. The van der Waals surface area contributed by atoms with Crippen molar-refractivity contribution >= 4 is 16.8 Å². The molecule has 0 fully saturated rings. The second-order valence-corrected chi connectivity index (χ2v) is 5.89. The van der Waals surface area contributed by atoms with E-state index in [4.69, 9.17) is 9.41 Å². The molecule has 0 unspecified atom stereocenters. The summed E-state index contributed by atoms with van der Waals surface area (Å²) in [4.78, 5) is 9.16. The van der Waals surface area contributed by atoms with E-state index in [9.17, 15) is 0 Å². The van der Waals surface area contributed by atoms with Crippen LogP contribution in [0.3, 0.4) is 0 Å². The van der Waals surface area contributed by atoms with Crippen LogP contribution in [0.25, 0.3) is 11.1 Å². The molecular formula is C16H22N2O. The molecule has 0 N–H and O–H groups in total. The molecule has 0 spiro atoms. The molecule has 0 atom stereocenters. The molecule has 0 saturated carbocycles. The summed E-state index contributed by atoms with van der Waals surface area (Å²) in [6.45, 7) is 10.4. The smallest absolute Gasteiger partial charge is 0.192 e. The summed E-state index contributed by atoms with van der Waals surface area (Å²) in [7, 11) is 0. The summed E-state index contributed by atoms with van der Waals surface area (Å²) in [5.74, 6) is 0.706. The molecule has 2 rings (SSSR count). The molecule has 1 heterocycles. The maximum atomic E-state index is 5.60. The third-order valence-electron chi connectivity index (χ3n) is 2.79. The fraction of sp³-hybridized carbons (Fsp3) is 0.500. The summed E-state index contributed by atoms with van der Waals surface area (Å²) >= 11 is 0. The van der Waals surface area contributed by atoms with Crippen LogP contribution in [0.5, 0.6) is 0 Å².